The molecule has 0 fully saturated rings. The van der Waals surface area contributed by atoms with E-state index in [-0.39, 0.29) is 17.3 Å². The molecule has 0 aliphatic heterocycles. The molecule has 0 aliphatic rings. The number of amides is 2. The van der Waals surface area contributed by atoms with Crippen LogP contribution in [0.1, 0.15) is 43.4 Å². The number of benzene rings is 3. The van der Waals surface area contributed by atoms with Crippen molar-refractivity contribution in [2.45, 2.75) is 62.9 Å². The van der Waals surface area contributed by atoms with Gasteiger partial charge in [0, 0.05) is 18.0 Å². The van der Waals surface area contributed by atoms with Crippen molar-refractivity contribution in [3.05, 3.63) is 89.5 Å². The molecule has 3 rings (SSSR count). The molecule has 0 saturated heterocycles. The highest BCUT2D eigenvalue weighted by Crippen LogP contribution is 2.27. The first-order chi connectivity index (χ1) is 19.1. The largest absolute Gasteiger partial charge is 0.354 e. The zero-order chi connectivity index (χ0) is 29.3. The van der Waals surface area contributed by atoms with E-state index in [1.54, 1.807) is 36.4 Å². The Kier molecular flexibility index (Phi) is 11.2. The predicted molar refractivity (Wildman–Crippen MR) is 163 cm³/mol. The van der Waals surface area contributed by atoms with Gasteiger partial charge in [0.2, 0.25) is 11.8 Å². The van der Waals surface area contributed by atoms with Gasteiger partial charge in [-0.2, -0.15) is 0 Å². The van der Waals surface area contributed by atoms with Gasteiger partial charge in [-0.05, 0) is 74.9 Å². The molecule has 214 valence electrons. The first-order valence-corrected chi connectivity index (χ1v) is 16.1. The van der Waals surface area contributed by atoms with Gasteiger partial charge in [-0.1, -0.05) is 61.4 Å². The number of carbonyl (C=O) groups is 2. The van der Waals surface area contributed by atoms with Crippen molar-refractivity contribution >= 4 is 39.3 Å². The van der Waals surface area contributed by atoms with Crippen LogP contribution in [0.15, 0.2) is 82.6 Å². The summed E-state index contributed by atoms with van der Waals surface area (Å²) in [7, 11) is -4.09. The summed E-state index contributed by atoms with van der Waals surface area (Å²) >= 11 is 1.52. The minimum absolute atomic E-state index is 0.0940. The summed E-state index contributed by atoms with van der Waals surface area (Å²) in [6.07, 6.45) is 3.08. The fourth-order valence-electron chi connectivity index (χ4n) is 4.29. The maximum Gasteiger partial charge on any atom is 0.264 e. The first-order valence-electron chi connectivity index (χ1n) is 13.5. The molecule has 0 aromatic heterocycles. The predicted octanol–water partition coefficient (Wildman–Crippen LogP) is 5.55. The van der Waals surface area contributed by atoms with Crippen molar-refractivity contribution in [2.24, 2.45) is 0 Å². The third-order valence-corrected chi connectivity index (χ3v) is 9.19. The minimum Gasteiger partial charge on any atom is -0.354 e. The number of nitrogens with one attached hydrogen (secondary N) is 1. The number of hydrogen-bond acceptors (Lipinski definition) is 5. The van der Waals surface area contributed by atoms with E-state index >= 15 is 0 Å². The summed E-state index contributed by atoms with van der Waals surface area (Å²) in [4.78, 5) is 29.7. The Morgan fingerprint density at radius 3 is 1.98 bits per heavy atom. The lowest BCUT2D eigenvalue weighted by Crippen LogP contribution is -2.52. The Morgan fingerprint density at radius 1 is 0.875 bits per heavy atom. The topological polar surface area (TPSA) is 86.8 Å². The van der Waals surface area contributed by atoms with Crippen molar-refractivity contribution in [1.82, 2.24) is 10.2 Å². The lowest BCUT2D eigenvalue weighted by atomic mass is 10.1. The number of sulfonamides is 1. The summed E-state index contributed by atoms with van der Waals surface area (Å²) in [6, 6.07) is 20.7. The van der Waals surface area contributed by atoms with E-state index in [4.69, 9.17) is 0 Å². The van der Waals surface area contributed by atoms with Crippen LogP contribution >= 0.6 is 11.8 Å². The Morgan fingerprint density at radius 2 is 1.45 bits per heavy atom. The van der Waals surface area contributed by atoms with E-state index in [9.17, 15) is 18.0 Å². The van der Waals surface area contributed by atoms with Crippen LogP contribution in [0, 0.1) is 13.8 Å². The van der Waals surface area contributed by atoms with Crippen molar-refractivity contribution < 1.29 is 18.0 Å². The zero-order valence-corrected chi connectivity index (χ0v) is 25.5. The Balaban J connectivity index is 2.04. The SMILES string of the molecule is CCCNC(=O)C(CC)N(Cc1ccc(C)cc1)C(=O)CN(c1ccc(C)cc1)S(=O)(=O)c1ccc(SC)cc1. The van der Waals surface area contributed by atoms with Gasteiger partial charge in [-0.15, -0.1) is 11.8 Å². The number of anilines is 1. The van der Waals surface area contributed by atoms with Gasteiger partial charge >= 0.3 is 0 Å². The first kappa shape index (κ1) is 31.2. The van der Waals surface area contributed by atoms with Crippen LogP contribution in [0.4, 0.5) is 5.69 Å². The number of nitrogens with zero attached hydrogens (tertiary/aromatic N) is 2. The second-order valence-corrected chi connectivity index (χ2v) is 12.5. The van der Waals surface area contributed by atoms with E-state index in [0.717, 1.165) is 32.3 Å². The molecule has 3 aromatic rings. The fraction of sp³-hybridized carbons (Fsp3) is 0.355. The summed E-state index contributed by atoms with van der Waals surface area (Å²) in [5.41, 5.74) is 3.29. The van der Waals surface area contributed by atoms with Crippen LogP contribution in [0.2, 0.25) is 0 Å². The molecule has 3 aromatic carbocycles. The molecule has 9 heteroatoms. The zero-order valence-electron chi connectivity index (χ0n) is 23.9. The molecule has 1 N–H and O–H groups in total. The van der Waals surface area contributed by atoms with Crippen molar-refractivity contribution in [3.8, 4) is 0 Å². The monoisotopic (exact) mass is 581 g/mol. The Hall–Kier alpha value is -3.30. The van der Waals surface area contributed by atoms with Gasteiger partial charge in [0.15, 0.2) is 0 Å². The van der Waals surface area contributed by atoms with Crippen LogP contribution < -0.4 is 9.62 Å². The standard InChI is InChI=1S/C31H39N3O4S2/c1-6-20-32-31(36)29(7-2)33(21-25-12-8-23(3)9-13-25)30(35)22-34(26-14-10-24(4)11-15-26)40(37,38)28-18-16-27(39-5)17-19-28/h8-19,29H,6-7,20-22H2,1-5H3,(H,32,36). The van der Waals surface area contributed by atoms with Gasteiger partial charge in [0.05, 0.1) is 10.6 Å². The molecule has 1 unspecified atom stereocenters. The third kappa shape index (κ3) is 7.88. The molecule has 0 heterocycles. The molecule has 0 bridgehead atoms. The van der Waals surface area contributed by atoms with Gasteiger partial charge in [0.1, 0.15) is 12.6 Å². The maximum absolute atomic E-state index is 14.1. The quantitative estimate of drug-likeness (QED) is 0.267. The van der Waals surface area contributed by atoms with E-state index in [1.165, 1.54) is 16.7 Å². The van der Waals surface area contributed by atoms with Gasteiger partial charge in [-0.3, -0.25) is 13.9 Å². The summed E-state index contributed by atoms with van der Waals surface area (Å²) in [5.74, 6) is -0.703. The highest BCUT2D eigenvalue weighted by Gasteiger charge is 2.33. The molecule has 0 saturated carbocycles. The van der Waals surface area contributed by atoms with Crippen molar-refractivity contribution in [1.29, 1.82) is 0 Å². The maximum atomic E-state index is 14.1. The highest BCUT2D eigenvalue weighted by molar-refractivity contribution is 7.98. The van der Waals surface area contributed by atoms with Crippen molar-refractivity contribution in [3.63, 3.8) is 0 Å². The second-order valence-electron chi connectivity index (χ2n) is 9.75. The number of rotatable bonds is 13. The molecular formula is C31H39N3O4S2. The van der Waals surface area contributed by atoms with E-state index in [2.05, 4.69) is 5.32 Å². The average Bonchev–Trinajstić information content (AvgIpc) is 2.96. The second kappa shape index (κ2) is 14.4. The lowest BCUT2D eigenvalue weighted by Gasteiger charge is -2.33. The van der Waals surface area contributed by atoms with E-state index < -0.39 is 28.5 Å². The molecule has 1 atom stereocenters. The fourth-order valence-corrected chi connectivity index (χ4v) is 6.11. The summed E-state index contributed by atoms with van der Waals surface area (Å²) < 4.78 is 29.1. The van der Waals surface area contributed by atoms with Gasteiger partial charge < -0.3 is 10.2 Å². The number of carbonyl (C=O) groups excluding carboxylic acids is 2. The highest BCUT2D eigenvalue weighted by atomic mass is 32.2. The molecule has 0 radical (unpaired) electrons. The van der Waals surface area contributed by atoms with Crippen LogP contribution in [-0.4, -0.2) is 50.5 Å². The summed E-state index contributed by atoms with van der Waals surface area (Å²) in [5, 5.41) is 2.91. The number of aryl methyl sites for hydroxylation is 2. The van der Waals surface area contributed by atoms with Gasteiger partial charge in [-0.25, -0.2) is 8.42 Å². The van der Waals surface area contributed by atoms with E-state index in [0.29, 0.717) is 18.7 Å². The average molecular weight is 582 g/mol. The van der Waals surface area contributed by atoms with E-state index in [1.807, 2.05) is 70.3 Å². The van der Waals surface area contributed by atoms with Crippen molar-refractivity contribution in [2.75, 3.05) is 23.7 Å². The molecule has 0 aliphatic carbocycles. The number of thioether (sulfide) groups is 1. The lowest BCUT2D eigenvalue weighted by molar-refractivity contribution is -0.140. The van der Waals surface area contributed by atoms with Crippen LogP contribution in [0.3, 0.4) is 0 Å². The van der Waals surface area contributed by atoms with Crippen LogP contribution in [0.25, 0.3) is 0 Å². The van der Waals surface area contributed by atoms with Gasteiger partial charge in [0.25, 0.3) is 10.0 Å². The van der Waals surface area contributed by atoms with Crippen LogP contribution in [-0.2, 0) is 26.2 Å². The Bertz CT molecular complexity index is 1370. The normalized spacial score (nSPS) is 12.0. The molecular weight excluding hydrogens is 542 g/mol. The molecule has 0 spiro atoms. The van der Waals surface area contributed by atoms with Crippen LogP contribution in [0.5, 0.6) is 0 Å². The Labute approximate surface area is 243 Å². The third-order valence-electron chi connectivity index (χ3n) is 6.66. The number of hydrogen-bond donors (Lipinski definition) is 1. The molecule has 7 nitrogen and oxygen atoms in total. The minimum atomic E-state index is -4.09. The molecule has 40 heavy (non-hydrogen) atoms. The smallest absolute Gasteiger partial charge is 0.264 e. The summed E-state index contributed by atoms with van der Waals surface area (Å²) in [6.45, 7) is 7.95. The molecule has 2 amide bonds.